The minimum absolute atomic E-state index is 0.118. The van der Waals surface area contributed by atoms with Crippen molar-refractivity contribution in [2.45, 2.75) is 84.0 Å². The summed E-state index contributed by atoms with van der Waals surface area (Å²) in [6.45, 7) is 4.48. The minimum atomic E-state index is 0.118. The van der Waals surface area contributed by atoms with Crippen LogP contribution in [0.15, 0.2) is 48.5 Å². The normalized spacial score (nSPS) is 19.7. The van der Waals surface area contributed by atoms with Crippen LogP contribution in [0.4, 0.5) is 0 Å². The summed E-state index contributed by atoms with van der Waals surface area (Å²) >= 11 is 0. The van der Waals surface area contributed by atoms with E-state index in [9.17, 15) is 4.79 Å². The highest BCUT2D eigenvalue weighted by molar-refractivity contribution is 5.86. The number of benzene rings is 2. The van der Waals surface area contributed by atoms with Crippen LogP contribution in [-0.4, -0.2) is 5.78 Å². The van der Waals surface area contributed by atoms with Crippen LogP contribution < -0.4 is 0 Å². The van der Waals surface area contributed by atoms with Gasteiger partial charge in [-0.25, -0.2) is 0 Å². The van der Waals surface area contributed by atoms with E-state index in [1.165, 1.54) is 73.6 Å². The fourth-order valence-corrected chi connectivity index (χ4v) is 4.53. The average Bonchev–Trinajstić information content (AvgIpc) is 2.73. The molecule has 1 fully saturated rings. The Morgan fingerprint density at radius 3 is 2.04 bits per heavy atom. The van der Waals surface area contributed by atoms with Gasteiger partial charge >= 0.3 is 0 Å². The number of rotatable bonds is 9. The van der Waals surface area contributed by atoms with Gasteiger partial charge in [0.05, 0.1) is 0 Å². The van der Waals surface area contributed by atoms with Crippen LogP contribution in [0.5, 0.6) is 0 Å². The Morgan fingerprint density at radius 2 is 1.43 bits per heavy atom. The highest BCUT2D eigenvalue weighted by atomic mass is 16.1. The van der Waals surface area contributed by atoms with Crippen molar-refractivity contribution in [2.24, 2.45) is 5.92 Å². The van der Waals surface area contributed by atoms with Crippen LogP contribution in [0.3, 0.4) is 0 Å². The van der Waals surface area contributed by atoms with Gasteiger partial charge in [0, 0.05) is 12.3 Å². The van der Waals surface area contributed by atoms with Gasteiger partial charge in [0.1, 0.15) is 5.78 Å². The molecule has 2 aromatic rings. The zero-order valence-electron chi connectivity index (χ0n) is 17.8. The number of ketones is 1. The Balaban J connectivity index is 1.60. The van der Waals surface area contributed by atoms with Gasteiger partial charge < -0.3 is 0 Å². The largest absolute Gasteiger partial charge is 0.299 e. The lowest BCUT2D eigenvalue weighted by Gasteiger charge is -2.27. The molecule has 0 N–H and O–H groups in total. The molecule has 2 aromatic carbocycles. The van der Waals surface area contributed by atoms with Gasteiger partial charge in [0.15, 0.2) is 0 Å². The van der Waals surface area contributed by atoms with Gasteiger partial charge in [-0.1, -0.05) is 94.5 Å². The van der Waals surface area contributed by atoms with E-state index in [1.54, 1.807) is 0 Å². The van der Waals surface area contributed by atoms with Gasteiger partial charge in [0.2, 0.25) is 0 Å². The fourth-order valence-electron chi connectivity index (χ4n) is 4.53. The molecule has 0 aliphatic heterocycles. The zero-order valence-corrected chi connectivity index (χ0v) is 17.8. The molecule has 3 rings (SSSR count). The predicted octanol–water partition coefficient (Wildman–Crippen LogP) is 7.73. The molecular weight excluding hydrogens is 340 g/mol. The maximum absolute atomic E-state index is 12.7. The molecule has 2 atom stereocenters. The second-order valence-electron chi connectivity index (χ2n) is 8.58. The summed E-state index contributed by atoms with van der Waals surface area (Å²) in [6, 6.07) is 17.7. The summed E-state index contributed by atoms with van der Waals surface area (Å²) in [5.74, 6) is 1.20. The first kappa shape index (κ1) is 20.8. The molecule has 0 aromatic heterocycles. The van der Waals surface area contributed by atoms with E-state index in [0.29, 0.717) is 11.7 Å². The Hall–Kier alpha value is -1.89. The second-order valence-corrected chi connectivity index (χ2v) is 8.58. The van der Waals surface area contributed by atoms with E-state index in [2.05, 4.69) is 62.4 Å². The first-order valence-electron chi connectivity index (χ1n) is 11.4. The molecule has 0 radical (unpaired) electrons. The van der Waals surface area contributed by atoms with E-state index in [1.807, 2.05) is 0 Å². The zero-order chi connectivity index (χ0) is 19.8. The molecule has 0 bridgehead atoms. The summed E-state index contributed by atoms with van der Waals surface area (Å²) < 4.78 is 0. The highest BCUT2D eigenvalue weighted by Gasteiger charge is 2.29. The summed E-state index contributed by atoms with van der Waals surface area (Å²) in [6.07, 6.45) is 11.8. The van der Waals surface area contributed by atoms with Crippen molar-refractivity contribution >= 4 is 5.78 Å². The lowest BCUT2D eigenvalue weighted by molar-refractivity contribution is -0.123. The van der Waals surface area contributed by atoms with Crippen LogP contribution in [0, 0.1) is 5.92 Å². The van der Waals surface area contributed by atoms with Crippen molar-refractivity contribution in [1.82, 2.24) is 0 Å². The number of aryl methyl sites for hydroxylation is 1. The number of carbonyl (C=O) groups excluding carboxylic acids is 1. The predicted molar refractivity (Wildman–Crippen MR) is 120 cm³/mol. The average molecular weight is 377 g/mol. The fraction of sp³-hybridized carbons (Fsp3) is 0.519. The summed E-state index contributed by atoms with van der Waals surface area (Å²) in [5, 5.41) is 0. The maximum atomic E-state index is 12.7. The Bertz CT molecular complexity index is 726. The summed E-state index contributed by atoms with van der Waals surface area (Å²) in [4.78, 5) is 12.7. The van der Waals surface area contributed by atoms with Gasteiger partial charge in [0.25, 0.3) is 0 Å². The summed E-state index contributed by atoms with van der Waals surface area (Å²) in [7, 11) is 0. The van der Waals surface area contributed by atoms with Crippen molar-refractivity contribution in [3.05, 3.63) is 59.7 Å². The van der Waals surface area contributed by atoms with E-state index in [-0.39, 0.29) is 5.92 Å². The monoisotopic (exact) mass is 376 g/mol. The minimum Gasteiger partial charge on any atom is -0.299 e. The second kappa shape index (κ2) is 10.6. The van der Waals surface area contributed by atoms with E-state index >= 15 is 0 Å². The molecule has 150 valence electrons. The first-order valence-corrected chi connectivity index (χ1v) is 11.4. The number of hydrogen-bond donors (Lipinski definition) is 0. The molecule has 1 aliphatic carbocycles. The third kappa shape index (κ3) is 5.56. The van der Waals surface area contributed by atoms with E-state index in [0.717, 1.165) is 12.8 Å². The Labute approximate surface area is 171 Å². The number of Topliss-reactive ketones (excluding diaryl/α,β-unsaturated/α-hetero) is 1. The molecule has 1 heteroatoms. The smallest absolute Gasteiger partial charge is 0.140 e. The molecule has 0 saturated heterocycles. The molecular formula is C27H36O. The van der Waals surface area contributed by atoms with Gasteiger partial charge in [-0.2, -0.15) is 0 Å². The molecule has 1 aliphatic rings. The van der Waals surface area contributed by atoms with Gasteiger partial charge in [-0.15, -0.1) is 0 Å². The third-order valence-corrected chi connectivity index (χ3v) is 6.38. The lowest BCUT2D eigenvalue weighted by Crippen LogP contribution is -2.23. The third-order valence-electron chi connectivity index (χ3n) is 6.38. The van der Waals surface area contributed by atoms with Gasteiger partial charge in [-0.05, 0) is 53.9 Å². The standard InChI is InChI=1S/C27H36O/c1-3-5-7-9-21-10-13-23(14-11-21)24-15-17-25(18-16-24)26-19-12-22(8-6-4-2)20-27(26)28/h10-11,13-18,22,26H,3-9,12,19-20H2,1-2H3/t22-,26+/m0/s1. The van der Waals surface area contributed by atoms with Crippen molar-refractivity contribution in [3.8, 4) is 11.1 Å². The Kier molecular flexibility index (Phi) is 7.89. The molecule has 0 heterocycles. The van der Waals surface area contributed by atoms with Crippen molar-refractivity contribution in [3.63, 3.8) is 0 Å². The van der Waals surface area contributed by atoms with Crippen molar-refractivity contribution in [1.29, 1.82) is 0 Å². The van der Waals surface area contributed by atoms with Crippen LogP contribution >= 0.6 is 0 Å². The molecule has 28 heavy (non-hydrogen) atoms. The van der Waals surface area contributed by atoms with Crippen LogP contribution in [0.25, 0.3) is 11.1 Å². The highest BCUT2D eigenvalue weighted by Crippen LogP contribution is 2.36. The quantitative estimate of drug-likeness (QED) is 0.409. The first-order chi connectivity index (χ1) is 13.7. The lowest BCUT2D eigenvalue weighted by atomic mass is 9.76. The van der Waals surface area contributed by atoms with E-state index in [4.69, 9.17) is 0 Å². The number of carbonyl (C=O) groups is 1. The number of hydrogen-bond acceptors (Lipinski definition) is 1. The van der Waals surface area contributed by atoms with Crippen LogP contribution in [0.2, 0.25) is 0 Å². The molecule has 0 spiro atoms. The molecule has 0 unspecified atom stereocenters. The molecule has 1 saturated carbocycles. The molecule has 0 amide bonds. The van der Waals surface area contributed by atoms with E-state index < -0.39 is 0 Å². The van der Waals surface area contributed by atoms with Crippen molar-refractivity contribution < 1.29 is 4.79 Å². The maximum Gasteiger partial charge on any atom is 0.140 e. The molecule has 1 nitrogen and oxygen atoms in total. The topological polar surface area (TPSA) is 17.1 Å². The van der Waals surface area contributed by atoms with Crippen LogP contribution in [-0.2, 0) is 11.2 Å². The number of unbranched alkanes of at least 4 members (excludes halogenated alkanes) is 3. The van der Waals surface area contributed by atoms with Crippen LogP contribution in [0.1, 0.15) is 88.7 Å². The van der Waals surface area contributed by atoms with Gasteiger partial charge in [-0.3, -0.25) is 4.79 Å². The van der Waals surface area contributed by atoms with Crippen molar-refractivity contribution in [2.75, 3.05) is 0 Å². The Morgan fingerprint density at radius 1 is 0.786 bits per heavy atom. The summed E-state index contributed by atoms with van der Waals surface area (Å²) in [5.41, 5.74) is 5.14. The SMILES string of the molecule is CCCCCc1ccc(-c2ccc([C@H]3CC[C@H](CCCC)CC3=O)cc2)cc1.